The van der Waals surface area contributed by atoms with Crippen molar-refractivity contribution in [2.75, 3.05) is 0 Å². The third-order valence-electron chi connectivity index (χ3n) is 3.41. The van der Waals surface area contributed by atoms with Crippen molar-refractivity contribution < 1.29 is 0 Å². The first-order valence-electron chi connectivity index (χ1n) is 7.10. The molecule has 0 bridgehead atoms. The van der Waals surface area contributed by atoms with Crippen LogP contribution in [0.1, 0.15) is 5.69 Å². The maximum Gasteiger partial charge on any atom is 0.332 e. The second-order valence-electron chi connectivity index (χ2n) is 5.11. The Bertz CT molecular complexity index is 1080. The van der Waals surface area contributed by atoms with Crippen molar-refractivity contribution in [2.24, 2.45) is 0 Å². The molecule has 126 valence electrons. The van der Waals surface area contributed by atoms with Gasteiger partial charge in [-0.3, -0.25) is 9.36 Å². The van der Waals surface area contributed by atoms with E-state index in [1.807, 2.05) is 34.7 Å². The molecule has 2 heterocycles. The summed E-state index contributed by atoms with van der Waals surface area (Å²) in [6.45, 7) is 0.0965. The maximum absolute atomic E-state index is 12.4. The molecule has 3 rings (SSSR count). The van der Waals surface area contributed by atoms with Crippen molar-refractivity contribution in [1.82, 2.24) is 24.1 Å². The van der Waals surface area contributed by atoms with Crippen molar-refractivity contribution in [2.45, 2.75) is 13.1 Å². The zero-order valence-electron chi connectivity index (χ0n) is 12.8. The van der Waals surface area contributed by atoms with Crippen LogP contribution in [-0.2, 0) is 13.1 Å². The zero-order valence-corrected chi connectivity index (χ0v) is 15.7. The Morgan fingerprint density at radius 2 is 1.92 bits per heavy atom. The van der Waals surface area contributed by atoms with Crippen molar-refractivity contribution in [3.05, 3.63) is 71.8 Å². The van der Waals surface area contributed by atoms with E-state index in [1.54, 1.807) is 23.0 Å². The number of terminal acetylenes is 1. The molecule has 3 aromatic rings. The fourth-order valence-electron chi connectivity index (χ4n) is 2.23. The quantitative estimate of drug-likeness (QED) is 0.431. The predicted octanol–water partition coefficient (Wildman–Crippen LogP) is 1.53. The normalized spacial score (nSPS) is 10.6. The largest absolute Gasteiger partial charge is 0.332 e. The van der Waals surface area contributed by atoms with Gasteiger partial charge in [-0.25, -0.2) is 14.0 Å². The SMILES string of the molecule is C#CCn1c(=O)c(I)cn(Cc2cn(-c3ccc(Cl)cc3)nn2)c1=O. The second kappa shape index (κ2) is 7.25. The first-order chi connectivity index (χ1) is 12.0. The average molecular weight is 468 g/mol. The number of benzene rings is 1. The van der Waals surface area contributed by atoms with Crippen LogP contribution in [0.4, 0.5) is 0 Å². The van der Waals surface area contributed by atoms with Crippen LogP contribution >= 0.6 is 34.2 Å². The molecule has 0 radical (unpaired) electrons. The minimum Gasteiger partial charge on any atom is -0.293 e. The van der Waals surface area contributed by atoms with Crippen LogP contribution in [0.3, 0.4) is 0 Å². The van der Waals surface area contributed by atoms with E-state index in [4.69, 9.17) is 18.0 Å². The lowest BCUT2D eigenvalue weighted by molar-refractivity contribution is 0.612. The van der Waals surface area contributed by atoms with E-state index in [2.05, 4.69) is 16.2 Å². The lowest BCUT2D eigenvalue weighted by Crippen LogP contribution is -2.40. The minimum absolute atomic E-state index is 0.0774. The molecule has 0 atom stereocenters. The Morgan fingerprint density at radius 3 is 2.60 bits per heavy atom. The summed E-state index contributed by atoms with van der Waals surface area (Å²) in [7, 11) is 0. The van der Waals surface area contributed by atoms with Crippen molar-refractivity contribution >= 4 is 34.2 Å². The summed E-state index contributed by atoms with van der Waals surface area (Å²) in [6, 6.07) is 7.12. The molecule has 0 fully saturated rings. The number of nitrogens with zero attached hydrogens (tertiary/aromatic N) is 5. The van der Waals surface area contributed by atoms with Crippen molar-refractivity contribution in [3.8, 4) is 18.0 Å². The summed E-state index contributed by atoms with van der Waals surface area (Å²) < 4.78 is 4.39. The highest BCUT2D eigenvalue weighted by molar-refractivity contribution is 14.1. The summed E-state index contributed by atoms with van der Waals surface area (Å²) >= 11 is 7.75. The molecule has 0 saturated carbocycles. The molecule has 0 amide bonds. The van der Waals surface area contributed by atoms with Gasteiger partial charge in [-0.15, -0.1) is 11.5 Å². The van der Waals surface area contributed by atoms with E-state index in [0.29, 0.717) is 14.3 Å². The smallest absolute Gasteiger partial charge is 0.293 e. The van der Waals surface area contributed by atoms with Crippen LogP contribution in [-0.4, -0.2) is 24.1 Å². The van der Waals surface area contributed by atoms with Gasteiger partial charge in [0.1, 0.15) is 5.69 Å². The van der Waals surface area contributed by atoms with Crippen LogP contribution in [0, 0.1) is 15.9 Å². The Labute approximate surface area is 161 Å². The molecule has 7 nitrogen and oxygen atoms in total. The summed E-state index contributed by atoms with van der Waals surface area (Å²) in [6.07, 6.45) is 8.43. The van der Waals surface area contributed by atoms with E-state index in [-0.39, 0.29) is 13.1 Å². The minimum atomic E-state index is -0.482. The van der Waals surface area contributed by atoms with Gasteiger partial charge >= 0.3 is 5.69 Å². The van der Waals surface area contributed by atoms with Crippen molar-refractivity contribution in [1.29, 1.82) is 0 Å². The van der Waals surface area contributed by atoms with Crippen LogP contribution in [0.2, 0.25) is 5.02 Å². The van der Waals surface area contributed by atoms with Crippen LogP contribution in [0.5, 0.6) is 0 Å². The molecule has 0 N–H and O–H groups in total. The molecule has 0 unspecified atom stereocenters. The molecule has 0 aliphatic heterocycles. The molecule has 25 heavy (non-hydrogen) atoms. The van der Waals surface area contributed by atoms with E-state index < -0.39 is 11.2 Å². The van der Waals surface area contributed by atoms with Gasteiger partial charge < -0.3 is 0 Å². The maximum atomic E-state index is 12.4. The molecule has 0 saturated heterocycles. The molecule has 0 aliphatic carbocycles. The summed E-state index contributed by atoms with van der Waals surface area (Å²) in [5, 5.41) is 8.74. The van der Waals surface area contributed by atoms with Gasteiger partial charge in [0, 0.05) is 11.2 Å². The number of hydrogen-bond donors (Lipinski definition) is 0. The van der Waals surface area contributed by atoms with Gasteiger partial charge in [0.05, 0.1) is 28.5 Å². The highest BCUT2D eigenvalue weighted by Gasteiger charge is 2.11. The molecule has 0 aliphatic rings. The van der Waals surface area contributed by atoms with Gasteiger partial charge in [-0.2, -0.15) is 0 Å². The molecule has 0 spiro atoms. The lowest BCUT2D eigenvalue weighted by atomic mass is 10.3. The average Bonchev–Trinajstić information content (AvgIpc) is 3.06. The fraction of sp³-hybridized carbons (Fsp3) is 0.125. The molecule has 9 heteroatoms. The van der Waals surface area contributed by atoms with Gasteiger partial charge in [0.15, 0.2) is 0 Å². The molecule has 2 aromatic heterocycles. The number of rotatable bonds is 4. The number of halogens is 2. The van der Waals surface area contributed by atoms with Crippen LogP contribution < -0.4 is 11.2 Å². The first kappa shape index (κ1) is 17.4. The van der Waals surface area contributed by atoms with Crippen LogP contribution in [0.15, 0.2) is 46.2 Å². The topological polar surface area (TPSA) is 74.7 Å². The van der Waals surface area contributed by atoms with Gasteiger partial charge in [-0.05, 0) is 46.9 Å². The Hall–Kier alpha value is -2.38. The third kappa shape index (κ3) is 3.67. The third-order valence-corrected chi connectivity index (χ3v) is 4.40. The highest BCUT2D eigenvalue weighted by Crippen LogP contribution is 2.12. The Morgan fingerprint density at radius 1 is 1.20 bits per heavy atom. The Kier molecular flexibility index (Phi) is 5.06. The zero-order chi connectivity index (χ0) is 18.0. The van der Waals surface area contributed by atoms with Crippen LogP contribution in [0.25, 0.3) is 5.69 Å². The summed E-state index contributed by atoms with van der Waals surface area (Å²) in [5.41, 5.74) is 0.482. The van der Waals surface area contributed by atoms with E-state index in [1.165, 1.54) is 10.8 Å². The van der Waals surface area contributed by atoms with E-state index >= 15 is 0 Å². The van der Waals surface area contributed by atoms with Gasteiger partial charge in [-0.1, -0.05) is 22.7 Å². The predicted molar refractivity (Wildman–Crippen MR) is 102 cm³/mol. The Balaban J connectivity index is 1.94. The second-order valence-corrected chi connectivity index (χ2v) is 6.71. The molecule has 1 aromatic carbocycles. The summed E-state index contributed by atoms with van der Waals surface area (Å²) in [4.78, 5) is 24.4. The standard InChI is InChI=1S/C16H11ClIN5O2/c1-2-7-22-15(24)14(18)10-21(16(22)25)8-12-9-23(20-19-12)13-5-3-11(17)4-6-13/h1,3-6,9-10H,7-8H2. The number of aromatic nitrogens is 5. The fourth-order valence-corrected chi connectivity index (χ4v) is 2.98. The molecular weight excluding hydrogens is 457 g/mol. The lowest BCUT2D eigenvalue weighted by Gasteiger charge is -2.07. The summed E-state index contributed by atoms with van der Waals surface area (Å²) in [5.74, 6) is 2.32. The monoisotopic (exact) mass is 467 g/mol. The highest BCUT2D eigenvalue weighted by atomic mass is 127. The van der Waals surface area contributed by atoms with E-state index in [9.17, 15) is 9.59 Å². The van der Waals surface area contributed by atoms with Gasteiger partial charge in [0.2, 0.25) is 0 Å². The van der Waals surface area contributed by atoms with Crippen molar-refractivity contribution in [3.63, 3.8) is 0 Å². The number of hydrogen-bond acceptors (Lipinski definition) is 4. The molecular formula is C16H11ClIN5O2. The van der Waals surface area contributed by atoms with E-state index in [0.717, 1.165) is 10.3 Å². The van der Waals surface area contributed by atoms with Gasteiger partial charge in [0.25, 0.3) is 5.56 Å². The first-order valence-corrected chi connectivity index (χ1v) is 8.55.